The molecule has 0 saturated carbocycles. The van der Waals surface area contributed by atoms with E-state index >= 15 is 0 Å². The highest BCUT2D eigenvalue weighted by Gasteiger charge is 2.22. The summed E-state index contributed by atoms with van der Waals surface area (Å²) in [5.74, 6) is 0. The third-order valence-corrected chi connectivity index (χ3v) is 12.9. The van der Waals surface area contributed by atoms with Crippen LogP contribution in [0.5, 0.6) is 0 Å². The Morgan fingerprint density at radius 2 is 1.00 bits per heavy atom. The van der Waals surface area contributed by atoms with E-state index in [1.54, 1.807) is 0 Å². The molecule has 2 aromatic heterocycles. The normalized spacial score (nSPS) is 11.9. The van der Waals surface area contributed by atoms with Crippen molar-refractivity contribution in [3.63, 3.8) is 0 Å². The molecule has 12 aromatic rings. The number of benzene rings is 10. The maximum atomic E-state index is 6.53. The number of furan rings is 1. The molecule has 0 aliphatic heterocycles. The fourth-order valence-electron chi connectivity index (χ4n) is 8.90. The molecule has 0 bridgehead atoms. The van der Waals surface area contributed by atoms with Crippen molar-refractivity contribution in [3.8, 4) is 22.3 Å². The Balaban J connectivity index is 1.03. The van der Waals surface area contributed by atoms with Crippen molar-refractivity contribution < 1.29 is 4.42 Å². The van der Waals surface area contributed by atoms with Gasteiger partial charge in [-0.2, -0.15) is 0 Å². The van der Waals surface area contributed by atoms with Gasteiger partial charge in [-0.3, -0.25) is 0 Å². The van der Waals surface area contributed by atoms with Crippen LogP contribution in [0, 0.1) is 0 Å². The van der Waals surface area contributed by atoms with Crippen molar-refractivity contribution in [2.45, 2.75) is 0 Å². The third-order valence-electron chi connectivity index (χ3n) is 11.6. The van der Waals surface area contributed by atoms with E-state index in [-0.39, 0.29) is 0 Å². The number of hydrogen-bond donors (Lipinski definition) is 0. The molecule has 0 atom stereocenters. The van der Waals surface area contributed by atoms with Gasteiger partial charge in [-0.1, -0.05) is 146 Å². The van der Waals surface area contributed by atoms with E-state index in [1.165, 1.54) is 58.2 Å². The lowest BCUT2D eigenvalue weighted by Gasteiger charge is -2.28. The topological polar surface area (TPSA) is 16.4 Å². The van der Waals surface area contributed by atoms with E-state index in [1.807, 2.05) is 11.3 Å². The lowest BCUT2D eigenvalue weighted by atomic mass is 9.97. The van der Waals surface area contributed by atoms with Gasteiger partial charge in [0.25, 0.3) is 0 Å². The van der Waals surface area contributed by atoms with Crippen LogP contribution in [0.15, 0.2) is 205 Å². The van der Waals surface area contributed by atoms with Crippen LogP contribution >= 0.6 is 11.3 Å². The molecule has 57 heavy (non-hydrogen) atoms. The zero-order valence-corrected chi connectivity index (χ0v) is 31.6. The van der Waals surface area contributed by atoms with Crippen LogP contribution in [0.25, 0.3) is 96.7 Å². The molecule has 2 nitrogen and oxygen atoms in total. The third kappa shape index (κ3) is 5.10. The summed E-state index contributed by atoms with van der Waals surface area (Å²) in [7, 11) is 0. The van der Waals surface area contributed by atoms with Crippen LogP contribution in [-0.4, -0.2) is 0 Å². The summed E-state index contributed by atoms with van der Waals surface area (Å²) in [4.78, 5) is 2.45. The molecule has 0 unspecified atom stereocenters. The highest BCUT2D eigenvalue weighted by Crippen LogP contribution is 2.48. The average Bonchev–Trinajstić information content (AvgIpc) is 3.86. The lowest BCUT2D eigenvalue weighted by molar-refractivity contribution is 0.672. The summed E-state index contributed by atoms with van der Waals surface area (Å²) >= 11 is 1.86. The smallest absolute Gasteiger partial charge is 0.143 e. The van der Waals surface area contributed by atoms with Gasteiger partial charge in [0.15, 0.2) is 0 Å². The second kappa shape index (κ2) is 12.7. The molecule has 0 radical (unpaired) electrons. The maximum Gasteiger partial charge on any atom is 0.143 e. The molecule has 0 amide bonds. The van der Waals surface area contributed by atoms with Gasteiger partial charge in [0.2, 0.25) is 0 Å². The molecule has 2 heterocycles. The Labute approximate surface area is 333 Å². The number of anilines is 3. The first kappa shape index (κ1) is 32.1. The summed E-state index contributed by atoms with van der Waals surface area (Å²) in [6.07, 6.45) is 0. The van der Waals surface area contributed by atoms with Crippen LogP contribution < -0.4 is 4.90 Å². The SMILES string of the molecule is c1ccc(N(c2ccc(-c3ccc4c(ccc5ccccc54)c3)cc2)c2cccc3c2sc2ccccc23)c(-c2ccc3oc4c5ccccc5ccc4c3c2)c1. The number of fused-ring (bicyclic) bond motifs is 11. The molecule has 0 aliphatic carbocycles. The lowest BCUT2D eigenvalue weighted by Crippen LogP contribution is -2.11. The number of hydrogen-bond acceptors (Lipinski definition) is 3. The second-order valence-electron chi connectivity index (χ2n) is 14.9. The van der Waals surface area contributed by atoms with Gasteiger partial charge in [-0.25, -0.2) is 0 Å². The van der Waals surface area contributed by atoms with Gasteiger partial charge in [0.1, 0.15) is 11.2 Å². The van der Waals surface area contributed by atoms with E-state index in [0.717, 1.165) is 55.5 Å². The van der Waals surface area contributed by atoms with Crippen molar-refractivity contribution in [2.75, 3.05) is 4.90 Å². The molecule has 0 fully saturated rings. The highest BCUT2D eigenvalue weighted by atomic mass is 32.1. The summed E-state index contributed by atoms with van der Waals surface area (Å²) in [5.41, 5.74) is 9.89. The quantitative estimate of drug-likeness (QED) is 0.163. The van der Waals surface area contributed by atoms with Gasteiger partial charge in [-0.15, -0.1) is 11.3 Å². The molecule has 266 valence electrons. The Morgan fingerprint density at radius 3 is 1.89 bits per heavy atom. The van der Waals surface area contributed by atoms with Gasteiger partial charge in [0, 0.05) is 42.9 Å². The zero-order chi connectivity index (χ0) is 37.5. The van der Waals surface area contributed by atoms with Crippen molar-refractivity contribution in [1.82, 2.24) is 0 Å². The standard InChI is InChI=1S/C54H33NOS/c1-3-12-41-35(10-1)20-21-38-32-37(25-29-42(38)41)34-22-27-40(28-23-34)55(50-18-9-16-47-45-15-6-8-19-52(45)57-54(47)50)49-17-7-5-13-43(49)39-26-31-51-48(33-39)46-30-24-36-11-2-4-14-44(36)53(46)56-51/h1-33H. The Morgan fingerprint density at radius 1 is 0.368 bits per heavy atom. The zero-order valence-electron chi connectivity index (χ0n) is 30.8. The van der Waals surface area contributed by atoms with Crippen molar-refractivity contribution >= 4 is 103 Å². The van der Waals surface area contributed by atoms with E-state index < -0.39 is 0 Å². The fourth-order valence-corrected chi connectivity index (χ4v) is 10.1. The van der Waals surface area contributed by atoms with Gasteiger partial charge in [0.05, 0.1) is 16.1 Å². The first-order valence-corrected chi connectivity index (χ1v) is 20.2. The second-order valence-corrected chi connectivity index (χ2v) is 15.9. The first-order valence-electron chi connectivity index (χ1n) is 19.4. The van der Waals surface area contributed by atoms with Gasteiger partial charge in [-0.05, 0) is 98.2 Å². The average molecular weight is 744 g/mol. The largest absolute Gasteiger partial charge is 0.455 e. The van der Waals surface area contributed by atoms with Crippen LogP contribution in [-0.2, 0) is 0 Å². The minimum atomic E-state index is 0.895. The van der Waals surface area contributed by atoms with Crippen LogP contribution in [0.3, 0.4) is 0 Å². The number of nitrogens with zero attached hydrogens (tertiary/aromatic N) is 1. The molecule has 0 saturated heterocycles. The molecule has 0 aliphatic rings. The van der Waals surface area contributed by atoms with E-state index in [2.05, 4.69) is 205 Å². The fraction of sp³-hybridized carbons (Fsp3) is 0. The summed E-state index contributed by atoms with van der Waals surface area (Å²) in [6.45, 7) is 0. The molecule has 0 N–H and O–H groups in total. The maximum absolute atomic E-state index is 6.53. The van der Waals surface area contributed by atoms with Crippen LogP contribution in [0.4, 0.5) is 17.1 Å². The number of rotatable bonds is 5. The number of para-hydroxylation sites is 1. The Kier molecular flexibility index (Phi) is 7.13. The highest BCUT2D eigenvalue weighted by molar-refractivity contribution is 7.26. The van der Waals surface area contributed by atoms with Gasteiger partial charge < -0.3 is 9.32 Å². The van der Waals surface area contributed by atoms with Crippen molar-refractivity contribution in [3.05, 3.63) is 200 Å². The van der Waals surface area contributed by atoms with Crippen LogP contribution in [0.1, 0.15) is 0 Å². The molecule has 10 aromatic carbocycles. The van der Waals surface area contributed by atoms with Gasteiger partial charge >= 0.3 is 0 Å². The van der Waals surface area contributed by atoms with E-state index in [0.29, 0.717) is 0 Å². The summed E-state index contributed by atoms with van der Waals surface area (Å²) < 4.78 is 9.09. The first-order chi connectivity index (χ1) is 28.2. The van der Waals surface area contributed by atoms with Crippen LogP contribution in [0.2, 0.25) is 0 Å². The van der Waals surface area contributed by atoms with E-state index in [9.17, 15) is 0 Å². The molecule has 12 rings (SSSR count). The molecule has 0 spiro atoms. The van der Waals surface area contributed by atoms with Crippen molar-refractivity contribution in [2.24, 2.45) is 0 Å². The predicted octanol–water partition coefficient (Wildman–Crippen LogP) is 16.2. The summed E-state index contributed by atoms with van der Waals surface area (Å²) in [5, 5.41) is 12.2. The summed E-state index contributed by atoms with van der Waals surface area (Å²) in [6, 6.07) is 72.8. The monoisotopic (exact) mass is 743 g/mol. The minimum Gasteiger partial charge on any atom is -0.455 e. The Hall–Kier alpha value is -7.20. The number of thiophene rings is 1. The molecular formula is C54H33NOS. The van der Waals surface area contributed by atoms with Crippen molar-refractivity contribution in [1.29, 1.82) is 0 Å². The predicted molar refractivity (Wildman–Crippen MR) is 245 cm³/mol. The minimum absolute atomic E-state index is 0.895. The Bertz CT molecular complexity index is 3540. The molecule has 3 heteroatoms. The molecular weight excluding hydrogens is 711 g/mol. The van der Waals surface area contributed by atoms with E-state index in [4.69, 9.17) is 4.42 Å².